The number of amides is 1. The molecule has 0 spiro atoms. The summed E-state index contributed by atoms with van der Waals surface area (Å²) in [4.78, 5) is 17.2. The van der Waals surface area contributed by atoms with Gasteiger partial charge in [-0.05, 0) is 24.3 Å². The Hall–Kier alpha value is -1.33. The van der Waals surface area contributed by atoms with Gasteiger partial charge in [-0.2, -0.15) is 0 Å². The maximum atomic E-state index is 12.1. The van der Waals surface area contributed by atoms with Gasteiger partial charge in [0.15, 0.2) is 5.13 Å². The van der Waals surface area contributed by atoms with Gasteiger partial charge in [0.25, 0.3) is 5.91 Å². The summed E-state index contributed by atoms with van der Waals surface area (Å²) in [6.07, 6.45) is 2.77. The van der Waals surface area contributed by atoms with E-state index in [0.29, 0.717) is 10.7 Å². The smallest absolute Gasteiger partial charge is 0.258 e. The Balaban J connectivity index is 2.13. The highest BCUT2D eigenvalue weighted by Crippen LogP contribution is 2.24. The monoisotopic (exact) mass is 278 g/mol. The van der Waals surface area contributed by atoms with E-state index < -0.39 is 0 Å². The summed E-state index contributed by atoms with van der Waals surface area (Å²) in [5.41, 5.74) is 0.714. The van der Waals surface area contributed by atoms with Crippen LogP contribution in [0.4, 0.5) is 5.13 Å². The van der Waals surface area contributed by atoms with Crippen LogP contribution in [0.1, 0.15) is 23.7 Å². The van der Waals surface area contributed by atoms with E-state index in [4.69, 9.17) is 0 Å². The van der Waals surface area contributed by atoms with E-state index >= 15 is 0 Å². The van der Waals surface area contributed by atoms with Crippen LogP contribution >= 0.6 is 23.1 Å². The highest BCUT2D eigenvalue weighted by molar-refractivity contribution is 7.99. The molecule has 0 aliphatic heterocycles. The standard InChI is InChI=1S/C13H14N2OS2/c1-2-8-17-11-6-4-3-5-10(11)12(16)15-13-14-7-9-18-13/h3-7,9H,2,8H2,1H3,(H,14,15,16). The first-order valence-electron chi connectivity index (χ1n) is 5.74. The fraction of sp³-hybridized carbons (Fsp3) is 0.231. The molecule has 0 unspecified atom stereocenters. The molecule has 0 aliphatic carbocycles. The lowest BCUT2D eigenvalue weighted by Crippen LogP contribution is -2.12. The second-order valence-electron chi connectivity index (χ2n) is 3.64. The molecule has 5 heteroatoms. The SMILES string of the molecule is CCCSc1ccccc1C(=O)Nc1nccs1. The Labute approximate surface area is 115 Å². The van der Waals surface area contributed by atoms with Crippen molar-refractivity contribution in [3.8, 4) is 0 Å². The Morgan fingerprint density at radius 1 is 1.44 bits per heavy atom. The van der Waals surface area contributed by atoms with Crippen LogP contribution in [0.15, 0.2) is 40.7 Å². The van der Waals surface area contributed by atoms with E-state index in [0.717, 1.165) is 17.1 Å². The summed E-state index contributed by atoms with van der Waals surface area (Å²) in [7, 11) is 0. The Bertz CT molecular complexity index is 511. The molecular weight excluding hydrogens is 264 g/mol. The molecule has 0 saturated carbocycles. The van der Waals surface area contributed by atoms with Crippen LogP contribution in [0.3, 0.4) is 0 Å². The van der Waals surface area contributed by atoms with Gasteiger partial charge in [0.2, 0.25) is 0 Å². The van der Waals surface area contributed by atoms with Gasteiger partial charge in [0.05, 0.1) is 5.56 Å². The molecule has 1 N–H and O–H groups in total. The van der Waals surface area contributed by atoms with Crippen LogP contribution in [0, 0.1) is 0 Å². The molecule has 0 saturated heterocycles. The quantitative estimate of drug-likeness (QED) is 0.843. The van der Waals surface area contributed by atoms with Gasteiger partial charge in [-0.25, -0.2) is 4.98 Å². The lowest BCUT2D eigenvalue weighted by Gasteiger charge is -2.07. The number of rotatable bonds is 5. The van der Waals surface area contributed by atoms with Gasteiger partial charge in [-0.1, -0.05) is 19.1 Å². The average Bonchev–Trinajstić information content (AvgIpc) is 2.89. The highest BCUT2D eigenvalue weighted by Gasteiger charge is 2.12. The zero-order valence-corrected chi connectivity index (χ0v) is 11.7. The first-order valence-corrected chi connectivity index (χ1v) is 7.60. The molecule has 1 aromatic carbocycles. The number of thiazole rings is 1. The molecule has 0 aliphatic rings. The molecule has 0 atom stereocenters. The number of benzene rings is 1. The summed E-state index contributed by atoms with van der Waals surface area (Å²) >= 11 is 3.13. The molecule has 0 fully saturated rings. The van der Waals surface area contributed by atoms with Crippen LogP contribution in [0.5, 0.6) is 0 Å². The molecule has 3 nitrogen and oxygen atoms in total. The third kappa shape index (κ3) is 3.34. The van der Waals surface area contributed by atoms with Crippen molar-refractivity contribution >= 4 is 34.1 Å². The summed E-state index contributed by atoms with van der Waals surface area (Å²) < 4.78 is 0. The van der Waals surface area contributed by atoms with E-state index in [-0.39, 0.29) is 5.91 Å². The van der Waals surface area contributed by atoms with Crippen LogP contribution < -0.4 is 5.32 Å². The van der Waals surface area contributed by atoms with Crippen molar-refractivity contribution in [3.63, 3.8) is 0 Å². The first kappa shape index (κ1) is 13.1. The normalized spacial score (nSPS) is 10.3. The van der Waals surface area contributed by atoms with Gasteiger partial charge in [-0.3, -0.25) is 10.1 Å². The Morgan fingerprint density at radius 2 is 2.28 bits per heavy atom. The average molecular weight is 278 g/mol. The minimum Gasteiger partial charge on any atom is -0.298 e. The molecule has 0 bridgehead atoms. The number of hydrogen-bond donors (Lipinski definition) is 1. The molecule has 1 heterocycles. The summed E-state index contributed by atoms with van der Waals surface area (Å²) in [5.74, 6) is 0.922. The van der Waals surface area contributed by atoms with E-state index in [1.54, 1.807) is 18.0 Å². The molecule has 94 valence electrons. The van der Waals surface area contributed by atoms with Crippen LogP contribution in [-0.2, 0) is 0 Å². The molecule has 1 amide bonds. The summed E-state index contributed by atoms with van der Waals surface area (Å²) in [6.45, 7) is 2.13. The van der Waals surface area contributed by atoms with Crippen molar-refractivity contribution in [1.29, 1.82) is 0 Å². The number of aromatic nitrogens is 1. The molecule has 0 radical (unpaired) electrons. The van der Waals surface area contributed by atoms with E-state index in [2.05, 4.69) is 17.2 Å². The number of nitrogens with one attached hydrogen (secondary N) is 1. The van der Waals surface area contributed by atoms with E-state index in [9.17, 15) is 4.79 Å². The summed E-state index contributed by atoms with van der Waals surface area (Å²) in [5, 5.41) is 5.29. The maximum absolute atomic E-state index is 12.1. The number of thioether (sulfide) groups is 1. The lowest BCUT2D eigenvalue weighted by molar-refractivity contribution is 0.102. The first-order chi connectivity index (χ1) is 8.81. The van der Waals surface area contributed by atoms with Crippen molar-refractivity contribution in [1.82, 2.24) is 4.98 Å². The van der Waals surface area contributed by atoms with Gasteiger partial charge < -0.3 is 0 Å². The van der Waals surface area contributed by atoms with Crippen molar-refractivity contribution in [3.05, 3.63) is 41.4 Å². The Morgan fingerprint density at radius 3 is 3.00 bits per heavy atom. The van der Waals surface area contributed by atoms with Crippen molar-refractivity contribution in [2.75, 3.05) is 11.1 Å². The third-order valence-corrected chi connectivity index (χ3v) is 4.21. The minimum atomic E-state index is -0.0934. The second kappa shape index (κ2) is 6.56. The predicted molar refractivity (Wildman–Crippen MR) is 77.5 cm³/mol. The van der Waals surface area contributed by atoms with E-state index in [1.807, 2.05) is 29.6 Å². The van der Waals surface area contributed by atoms with E-state index in [1.165, 1.54) is 11.3 Å². The number of carbonyl (C=O) groups excluding carboxylic acids is 1. The third-order valence-electron chi connectivity index (χ3n) is 2.25. The maximum Gasteiger partial charge on any atom is 0.258 e. The predicted octanol–water partition coefficient (Wildman–Crippen LogP) is 3.90. The topological polar surface area (TPSA) is 42.0 Å². The number of anilines is 1. The number of nitrogens with zero attached hydrogens (tertiary/aromatic N) is 1. The fourth-order valence-electron chi connectivity index (χ4n) is 1.44. The molecule has 2 rings (SSSR count). The van der Waals surface area contributed by atoms with Gasteiger partial charge >= 0.3 is 0 Å². The molecule has 1 aromatic heterocycles. The van der Waals surface area contributed by atoms with Gasteiger partial charge in [0, 0.05) is 16.5 Å². The molecular formula is C13H14N2OS2. The lowest BCUT2D eigenvalue weighted by atomic mass is 10.2. The van der Waals surface area contributed by atoms with Crippen molar-refractivity contribution in [2.45, 2.75) is 18.2 Å². The highest BCUT2D eigenvalue weighted by atomic mass is 32.2. The summed E-state index contributed by atoms with van der Waals surface area (Å²) in [6, 6.07) is 7.67. The van der Waals surface area contributed by atoms with Crippen LogP contribution in [0.25, 0.3) is 0 Å². The van der Waals surface area contributed by atoms with Crippen molar-refractivity contribution < 1.29 is 4.79 Å². The number of hydrogen-bond acceptors (Lipinski definition) is 4. The van der Waals surface area contributed by atoms with Gasteiger partial charge in [-0.15, -0.1) is 23.1 Å². The largest absolute Gasteiger partial charge is 0.298 e. The van der Waals surface area contributed by atoms with Crippen molar-refractivity contribution in [2.24, 2.45) is 0 Å². The minimum absolute atomic E-state index is 0.0934. The molecule has 2 aromatic rings. The van der Waals surface area contributed by atoms with Crippen LogP contribution in [0.2, 0.25) is 0 Å². The van der Waals surface area contributed by atoms with Crippen LogP contribution in [-0.4, -0.2) is 16.6 Å². The molecule has 18 heavy (non-hydrogen) atoms. The second-order valence-corrected chi connectivity index (χ2v) is 5.67. The fourth-order valence-corrected chi connectivity index (χ4v) is 2.88. The number of carbonyl (C=O) groups is 1. The zero-order chi connectivity index (χ0) is 12.8. The zero-order valence-electron chi connectivity index (χ0n) is 10.1. The Kier molecular flexibility index (Phi) is 4.78. The van der Waals surface area contributed by atoms with Gasteiger partial charge in [0.1, 0.15) is 0 Å².